The lowest BCUT2D eigenvalue weighted by atomic mass is 9.91. The number of thiol groups is 1. The van der Waals surface area contributed by atoms with Crippen LogP contribution in [0.15, 0.2) is 35.6 Å². The van der Waals surface area contributed by atoms with E-state index in [1.54, 1.807) is 17.1 Å². The number of ketones is 1. The van der Waals surface area contributed by atoms with Crippen LogP contribution >= 0.6 is 24.8 Å². The van der Waals surface area contributed by atoms with Gasteiger partial charge in [-0.1, -0.05) is 24.4 Å². The Hall–Kier alpha value is -1.60. The van der Waals surface area contributed by atoms with Gasteiger partial charge < -0.3 is 15.3 Å². The summed E-state index contributed by atoms with van der Waals surface area (Å²) in [5.74, 6) is -1.13. The molecule has 0 saturated carbocycles. The van der Waals surface area contributed by atoms with Gasteiger partial charge in [0.25, 0.3) is 0 Å². The van der Waals surface area contributed by atoms with Gasteiger partial charge in [-0.2, -0.15) is 0 Å². The number of allylic oxidation sites excluding steroid dienone is 3. The molecule has 1 atom stereocenters. The molecule has 0 saturated heterocycles. The van der Waals surface area contributed by atoms with Gasteiger partial charge in [-0.15, -0.1) is 12.6 Å². The highest BCUT2D eigenvalue weighted by molar-refractivity contribution is 8.10. The van der Waals surface area contributed by atoms with Crippen molar-refractivity contribution >= 4 is 40.9 Å². The molecule has 1 aliphatic heterocycles. The molecule has 0 spiro atoms. The Morgan fingerprint density at radius 1 is 1.50 bits per heavy atom. The lowest BCUT2D eigenvalue weighted by molar-refractivity contribution is -0.133. The Morgan fingerprint density at radius 3 is 2.60 bits per heavy atom. The highest BCUT2D eigenvalue weighted by Crippen LogP contribution is 2.20. The summed E-state index contributed by atoms with van der Waals surface area (Å²) in [6.07, 6.45) is 7.16. The fourth-order valence-electron chi connectivity index (χ4n) is 1.56. The quantitative estimate of drug-likeness (QED) is 0.498. The molecule has 0 aromatic carbocycles. The predicted octanol–water partition coefficient (Wildman–Crippen LogP) is 1.14. The van der Waals surface area contributed by atoms with Crippen LogP contribution in [0.2, 0.25) is 0 Å². The number of thiocarbonyl (C=S) groups is 1. The molecule has 20 heavy (non-hydrogen) atoms. The van der Waals surface area contributed by atoms with Crippen molar-refractivity contribution in [3.8, 4) is 0 Å². The molecule has 0 aromatic rings. The van der Waals surface area contributed by atoms with Crippen LogP contribution in [-0.2, 0) is 9.59 Å². The van der Waals surface area contributed by atoms with Crippen molar-refractivity contribution in [1.29, 1.82) is 0 Å². The van der Waals surface area contributed by atoms with E-state index in [0.29, 0.717) is 10.7 Å². The molecule has 7 heteroatoms. The van der Waals surface area contributed by atoms with E-state index in [-0.39, 0.29) is 11.5 Å². The third-order valence-corrected chi connectivity index (χ3v) is 3.43. The number of rotatable bonds is 1. The summed E-state index contributed by atoms with van der Waals surface area (Å²) in [5.41, 5.74) is 0.991. The largest absolute Gasteiger partial charge is 0.477 e. The average molecular weight is 312 g/mol. The number of nitrogens with zero attached hydrogens (tertiary/aromatic N) is 1. The minimum atomic E-state index is -1.04. The summed E-state index contributed by atoms with van der Waals surface area (Å²) in [7, 11) is 3.71. The second-order valence-electron chi connectivity index (χ2n) is 4.39. The maximum absolute atomic E-state index is 11.4. The van der Waals surface area contributed by atoms with E-state index in [1.165, 1.54) is 12.2 Å². The van der Waals surface area contributed by atoms with Gasteiger partial charge in [-0.05, 0) is 24.1 Å². The molecule has 2 N–H and O–H groups in total. The Balaban J connectivity index is 0.000000286. The van der Waals surface area contributed by atoms with Gasteiger partial charge in [0.1, 0.15) is 16.1 Å². The molecule has 2 aliphatic rings. The zero-order chi connectivity index (χ0) is 15.3. The Morgan fingerprint density at radius 2 is 2.10 bits per heavy atom. The molecule has 1 heterocycles. The van der Waals surface area contributed by atoms with Crippen LogP contribution < -0.4 is 5.32 Å². The van der Waals surface area contributed by atoms with Crippen molar-refractivity contribution in [2.24, 2.45) is 0 Å². The molecular formula is C13H16N2O3S2. The highest BCUT2D eigenvalue weighted by atomic mass is 32.1. The first-order valence-electron chi connectivity index (χ1n) is 5.84. The van der Waals surface area contributed by atoms with Crippen molar-refractivity contribution in [3.05, 3.63) is 35.6 Å². The molecule has 0 aromatic heterocycles. The van der Waals surface area contributed by atoms with Gasteiger partial charge in [-0.25, -0.2) is 4.79 Å². The third-order valence-electron chi connectivity index (χ3n) is 2.67. The standard InChI is InChI=1S/C10H9NO3.C3H7NS2/c12-8-3-1-2-6-4-5-7(10(13)14)11-9(6)8;1-4(2)3(5)6/h1,3-5,9,11H,2H2,(H,13,14);1-2H3,(H,5,6). The normalized spacial score (nSPS) is 19.6. The summed E-state index contributed by atoms with van der Waals surface area (Å²) < 4.78 is 0.620. The maximum atomic E-state index is 11.4. The van der Waals surface area contributed by atoms with Crippen LogP contribution in [0.1, 0.15) is 6.42 Å². The SMILES string of the molecule is CN(C)C(=S)S.O=C(O)C1=CC=C2CC=CC(=O)C2N1. The van der Waals surface area contributed by atoms with Crippen LogP contribution in [0.25, 0.3) is 0 Å². The zero-order valence-electron chi connectivity index (χ0n) is 11.2. The van der Waals surface area contributed by atoms with Gasteiger partial charge in [0.2, 0.25) is 0 Å². The Kier molecular flexibility index (Phi) is 5.97. The number of hydrogen-bond donors (Lipinski definition) is 3. The number of hydrogen-bond acceptors (Lipinski definition) is 4. The van der Waals surface area contributed by atoms with E-state index in [1.807, 2.05) is 14.1 Å². The fourth-order valence-corrected chi connectivity index (χ4v) is 1.56. The number of aliphatic carboxylic acids is 1. The van der Waals surface area contributed by atoms with Gasteiger partial charge >= 0.3 is 5.97 Å². The van der Waals surface area contributed by atoms with Crippen LogP contribution in [0.3, 0.4) is 0 Å². The zero-order valence-corrected chi connectivity index (χ0v) is 12.9. The monoisotopic (exact) mass is 312 g/mol. The molecular weight excluding hydrogens is 296 g/mol. The summed E-state index contributed by atoms with van der Waals surface area (Å²) in [6.45, 7) is 0. The van der Waals surface area contributed by atoms with E-state index in [4.69, 9.17) is 5.11 Å². The van der Waals surface area contributed by atoms with Gasteiger partial charge in [-0.3, -0.25) is 4.79 Å². The van der Waals surface area contributed by atoms with Crippen molar-refractivity contribution in [3.63, 3.8) is 0 Å². The van der Waals surface area contributed by atoms with E-state index in [9.17, 15) is 9.59 Å². The topological polar surface area (TPSA) is 69.6 Å². The van der Waals surface area contributed by atoms with Gasteiger partial charge in [0, 0.05) is 14.1 Å². The number of nitrogens with one attached hydrogen (secondary N) is 1. The Labute approximate surface area is 128 Å². The number of fused-ring (bicyclic) bond motifs is 1. The Bertz CT molecular complexity index is 522. The first kappa shape index (κ1) is 16.5. The second kappa shape index (κ2) is 7.25. The van der Waals surface area contributed by atoms with Crippen LogP contribution in [0.4, 0.5) is 0 Å². The lowest BCUT2D eigenvalue weighted by Gasteiger charge is -2.25. The van der Waals surface area contributed by atoms with E-state index < -0.39 is 12.0 Å². The molecule has 108 valence electrons. The molecule has 2 rings (SSSR count). The molecule has 1 unspecified atom stereocenters. The molecule has 0 bridgehead atoms. The highest BCUT2D eigenvalue weighted by Gasteiger charge is 2.27. The smallest absolute Gasteiger partial charge is 0.351 e. The minimum Gasteiger partial charge on any atom is -0.477 e. The number of carboxylic acids is 1. The predicted molar refractivity (Wildman–Crippen MR) is 84.8 cm³/mol. The van der Waals surface area contributed by atoms with Crippen molar-refractivity contribution < 1.29 is 14.7 Å². The first-order valence-corrected chi connectivity index (χ1v) is 6.69. The fraction of sp³-hybridized carbons (Fsp3) is 0.308. The third kappa shape index (κ3) is 4.50. The number of carboxylic acid groups (broad SMARTS) is 1. The molecule has 0 fully saturated rings. The van der Waals surface area contributed by atoms with E-state index >= 15 is 0 Å². The molecule has 1 aliphatic carbocycles. The summed E-state index contributed by atoms with van der Waals surface area (Å²) in [5, 5.41) is 11.4. The van der Waals surface area contributed by atoms with E-state index in [2.05, 4.69) is 30.2 Å². The minimum absolute atomic E-state index is 0.0717. The van der Waals surface area contributed by atoms with E-state index in [0.717, 1.165) is 5.57 Å². The van der Waals surface area contributed by atoms with Gasteiger partial charge in [0.15, 0.2) is 5.78 Å². The second-order valence-corrected chi connectivity index (χ2v) is 5.50. The maximum Gasteiger partial charge on any atom is 0.351 e. The van der Waals surface area contributed by atoms with Gasteiger partial charge in [0.05, 0.1) is 0 Å². The molecule has 0 radical (unpaired) electrons. The van der Waals surface area contributed by atoms with Crippen LogP contribution in [-0.4, -0.2) is 46.2 Å². The number of dihydropyridines is 1. The van der Waals surface area contributed by atoms with Crippen molar-refractivity contribution in [1.82, 2.24) is 10.2 Å². The molecule has 5 nitrogen and oxygen atoms in total. The molecule has 0 amide bonds. The first-order chi connectivity index (χ1) is 9.32. The van der Waals surface area contributed by atoms with Crippen molar-refractivity contribution in [2.75, 3.05) is 14.1 Å². The van der Waals surface area contributed by atoms with Crippen LogP contribution in [0.5, 0.6) is 0 Å². The summed E-state index contributed by atoms with van der Waals surface area (Å²) in [4.78, 5) is 23.8. The average Bonchev–Trinajstić information content (AvgIpc) is 2.39. The summed E-state index contributed by atoms with van der Waals surface area (Å²) in [6, 6.07) is -0.476. The van der Waals surface area contributed by atoms with Crippen molar-refractivity contribution in [2.45, 2.75) is 12.5 Å². The number of carbonyl (C=O) groups excluding carboxylic acids is 1. The number of carbonyl (C=O) groups is 2. The van der Waals surface area contributed by atoms with Crippen LogP contribution in [0, 0.1) is 0 Å². The summed E-state index contributed by atoms with van der Waals surface area (Å²) >= 11 is 8.46. The lowest BCUT2D eigenvalue weighted by Crippen LogP contribution is -2.41.